The summed E-state index contributed by atoms with van der Waals surface area (Å²) < 4.78 is 21.8. The molecular formula is C24H31N3O4. The van der Waals surface area contributed by atoms with Gasteiger partial charge in [-0.05, 0) is 83.7 Å². The Bertz CT molecular complexity index is 941. The average Bonchev–Trinajstić information content (AvgIpc) is 2.80. The van der Waals surface area contributed by atoms with Crippen molar-refractivity contribution < 1.29 is 18.9 Å². The highest BCUT2D eigenvalue weighted by atomic mass is 16.5. The molecule has 0 fully saturated rings. The fraction of sp³-hybridized carbons (Fsp3) is 0.500. The van der Waals surface area contributed by atoms with Gasteiger partial charge in [0.15, 0.2) is 11.5 Å². The van der Waals surface area contributed by atoms with Gasteiger partial charge in [-0.3, -0.25) is 0 Å². The number of fused-ring (bicyclic) bond motifs is 3. The van der Waals surface area contributed by atoms with Crippen LogP contribution in [0.3, 0.4) is 0 Å². The van der Waals surface area contributed by atoms with E-state index in [-0.39, 0.29) is 12.0 Å². The quantitative estimate of drug-likeness (QED) is 0.194. The molecule has 0 bridgehead atoms. The monoisotopic (exact) mass is 425 g/mol. The van der Waals surface area contributed by atoms with Gasteiger partial charge < -0.3 is 18.9 Å². The molecule has 0 radical (unpaired) electrons. The Labute approximate surface area is 183 Å². The maximum atomic E-state index is 9.11. The number of ether oxygens (including phenoxy) is 4. The second-order valence-corrected chi connectivity index (χ2v) is 7.80. The molecule has 1 unspecified atom stereocenters. The van der Waals surface area contributed by atoms with Crippen LogP contribution in [0.5, 0.6) is 17.2 Å². The zero-order valence-electron chi connectivity index (χ0n) is 18.8. The Morgan fingerprint density at radius 1 is 1.00 bits per heavy atom. The number of methoxy groups -OCH3 is 4. The lowest BCUT2D eigenvalue weighted by molar-refractivity contribution is 0.191. The van der Waals surface area contributed by atoms with Crippen LogP contribution in [0.2, 0.25) is 0 Å². The summed E-state index contributed by atoms with van der Waals surface area (Å²) in [5.74, 6) is 2.44. The largest absolute Gasteiger partial charge is 0.497 e. The van der Waals surface area contributed by atoms with E-state index in [0.717, 1.165) is 55.6 Å². The molecule has 0 aliphatic heterocycles. The Kier molecular flexibility index (Phi) is 8.04. The summed E-state index contributed by atoms with van der Waals surface area (Å²) in [4.78, 5) is 3.12. The van der Waals surface area contributed by atoms with Gasteiger partial charge in [0.25, 0.3) is 0 Å². The molecular weight excluding hydrogens is 394 g/mol. The first-order valence-electron chi connectivity index (χ1n) is 10.6. The molecule has 0 saturated carbocycles. The molecule has 0 spiro atoms. The van der Waals surface area contributed by atoms with Crippen LogP contribution in [0.25, 0.3) is 21.6 Å². The van der Waals surface area contributed by atoms with Crippen LogP contribution in [0.4, 0.5) is 0 Å². The number of azide groups is 1. The minimum atomic E-state index is -0.0624. The molecule has 0 heterocycles. The molecule has 166 valence electrons. The lowest BCUT2D eigenvalue weighted by Crippen LogP contribution is -2.17. The van der Waals surface area contributed by atoms with Gasteiger partial charge in [-0.15, -0.1) is 0 Å². The van der Waals surface area contributed by atoms with E-state index in [9.17, 15) is 0 Å². The minimum Gasteiger partial charge on any atom is -0.497 e. The third-order valence-electron chi connectivity index (χ3n) is 5.98. The van der Waals surface area contributed by atoms with Crippen LogP contribution in [0, 0.1) is 0 Å². The first-order chi connectivity index (χ1) is 15.1. The van der Waals surface area contributed by atoms with Gasteiger partial charge >= 0.3 is 0 Å². The number of hydrogen-bond acceptors (Lipinski definition) is 5. The fourth-order valence-electron chi connectivity index (χ4n) is 4.41. The van der Waals surface area contributed by atoms with E-state index in [1.54, 1.807) is 28.4 Å². The maximum Gasteiger partial charge on any atom is 0.161 e. The molecule has 7 heteroatoms. The summed E-state index contributed by atoms with van der Waals surface area (Å²) in [6.45, 7) is 0.724. The highest BCUT2D eigenvalue weighted by Gasteiger charge is 2.29. The van der Waals surface area contributed by atoms with Gasteiger partial charge in [0.1, 0.15) is 5.75 Å². The van der Waals surface area contributed by atoms with Crippen molar-refractivity contribution in [3.63, 3.8) is 0 Å². The van der Waals surface area contributed by atoms with Crippen molar-refractivity contribution in [2.75, 3.05) is 35.0 Å². The van der Waals surface area contributed by atoms with Crippen molar-refractivity contribution in [1.82, 2.24) is 0 Å². The highest BCUT2D eigenvalue weighted by molar-refractivity contribution is 5.78. The molecule has 1 aliphatic carbocycles. The van der Waals surface area contributed by atoms with Crippen LogP contribution in [0.15, 0.2) is 35.4 Å². The number of rotatable bonds is 11. The Morgan fingerprint density at radius 3 is 2.45 bits per heavy atom. The maximum absolute atomic E-state index is 9.11. The highest BCUT2D eigenvalue weighted by Crippen LogP contribution is 2.47. The molecule has 2 aromatic carbocycles. The van der Waals surface area contributed by atoms with Crippen molar-refractivity contribution in [2.45, 2.75) is 44.1 Å². The summed E-state index contributed by atoms with van der Waals surface area (Å²) >= 11 is 0. The second-order valence-electron chi connectivity index (χ2n) is 7.80. The number of hydrogen-bond donors (Lipinski definition) is 0. The molecule has 7 nitrogen and oxygen atoms in total. The summed E-state index contributed by atoms with van der Waals surface area (Å²) in [5.41, 5.74) is 13.8. The van der Waals surface area contributed by atoms with Crippen molar-refractivity contribution in [1.29, 1.82) is 0 Å². The Balaban J connectivity index is 1.98. The smallest absolute Gasteiger partial charge is 0.161 e. The Hall–Kier alpha value is -2.89. The minimum absolute atomic E-state index is 0.0624. The summed E-state index contributed by atoms with van der Waals surface area (Å²) in [6.07, 6.45) is 4.43. The summed E-state index contributed by atoms with van der Waals surface area (Å²) in [6, 6.07) is 10.2. The van der Waals surface area contributed by atoms with Gasteiger partial charge in [0.2, 0.25) is 0 Å². The van der Waals surface area contributed by atoms with Crippen molar-refractivity contribution in [3.05, 3.63) is 51.9 Å². The van der Waals surface area contributed by atoms with E-state index in [1.807, 2.05) is 12.1 Å². The normalized spacial score (nSPS) is 15.3. The lowest BCUT2D eigenvalue weighted by Gasteiger charge is -2.31. The van der Waals surface area contributed by atoms with Gasteiger partial charge in [-0.25, -0.2) is 0 Å². The lowest BCUT2D eigenvalue weighted by atomic mass is 9.75. The van der Waals surface area contributed by atoms with E-state index in [1.165, 1.54) is 11.1 Å². The molecule has 0 aromatic heterocycles. The number of benzene rings is 2. The molecule has 0 N–H and O–H groups in total. The zero-order valence-corrected chi connectivity index (χ0v) is 18.8. The fourth-order valence-corrected chi connectivity index (χ4v) is 4.41. The predicted molar refractivity (Wildman–Crippen MR) is 121 cm³/mol. The summed E-state index contributed by atoms with van der Waals surface area (Å²) in [5, 5.41) is 4.11. The topological polar surface area (TPSA) is 85.7 Å². The van der Waals surface area contributed by atoms with E-state index >= 15 is 0 Å². The third-order valence-corrected chi connectivity index (χ3v) is 5.98. The first-order valence-corrected chi connectivity index (χ1v) is 10.6. The van der Waals surface area contributed by atoms with Crippen LogP contribution in [-0.2, 0) is 11.2 Å². The molecule has 2 aromatic rings. The van der Waals surface area contributed by atoms with Gasteiger partial charge in [0.05, 0.1) is 21.3 Å². The SMILES string of the molecule is COCCCC[C@H](CC1Cc2ccc(OC)cc2-c2cc(OC)c(OC)cc21)N=[N+]=[N-]. The van der Waals surface area contributed by atoms with Crippen molar-refractivity contribution in [3.8, 4) is 28.4 Å². The molecule has 0 amide bonds. The van der Waals surface area contributed by atoms with Crippen molar-refractivity contribution in [2.24, 2.45) is 5.11 Å². The van der Waals surface area contributed by atoms with Crippen molar-refractivity contribution >= 4 is 0 Å². The molecule has 2 atom stereocenters. The standard InChI is InChI=1S/C24H31N3O4/c1-28-10-6-5-7-18(26-27-25)12-17-11-16-8-9-19(29-2)13-20(16)22-15-24(31-4)23(30-3)14-21(17)22/h8-9,13-15,17-18H,5-7,10-12H2,1-4H3/t17?,18-/m1/s1. The van der Waals surface area contributed by atoms with E-state index in [0.29, 0.717) is 11.5 Å². The molecule has 3 rings (SSSR count). The van der Waals surface area contributed by atoms with E-state index < -0.39 is 0 Å². The van der Waals surface area contributed by atoms with E-state index in [4.69, 9.17) is 24.5 Å². The van der Waals surface area contributed by atoms with Crippen LogP contribution in [-0.4, -0.2) is 41.1 Å². The van der Waals surface area contributed by atoms with Crippen LogP contribution < -0.4 is 14.2 Å². The van der Waals surface area contributed by atoms with Crippen LogP contribution >= 0.6 is 0 Å². The van der Waals surface area contributed by atoms with Gasteiger partial charge in [0, 0.05) is 24.7 Å². The number of nitrogens with zero attached hydrogens (tertiary/aromatic N) is 3. The van der Waals surface area contributed by atoms with E-state index in [2.05, 4.69) is 28.2 Å². The summed E-state index contributed by atoms with van der Waals surface area (Å²) in [7, 11) is 6.68. The third kappa shape index (κ3) is 5.24. The predicted octanol–water partition coefficient (Wildman–Crippen LogP) is 5.90. The van der Waals surface area contributed by atoms with Crippen LogP contribution in [0.1, 0.15) is 42.7 Å². The molecule has 0 saturated heterocycles. The molecule has 1 aliphatic rings. The Morgan fingerprint density at radius 2 is 1.77 bits per heavy atom. The van der Waals surface area contributed by atoms with Gasteiger partial charge in [-0.1, -0.05) is 17.6 Å². The number of unbranched alkanes of at least 4 members (excludes halogenated alkanes) is 1. The zero-order chi connectivity index (χ0) is 22.2. The second kappa shape index (κ2) is 10.9. The first kappa shape index (κ1) is 22.8. The van der Waals surface area contributed by atoms with Gasteiger partial charge in [-0.2, -0.15) is 0 Å². The average molecular weight is 426 g/mol. The molecule has 31 heavy (non-hydrogen) atoms.